The quantitative estimate of drug-likeness (QED) is 0.460. The van der Waals surface area contributed by atoms with Crippen molar-refractivity contribution in [3.63, 3.8) is 0 Å². The Morgan fingerprint density at radius 3 is 2.56 bits per heavy atom. The minimum atomic E-state index is -4.33. The number of fused-ring (bicyclic) bond motifs is 1. The van der Waals surface area contributed by atoms with Gasteiger partial charge in [0.15, 0.2) is 12.4 Å². The van der Waals surface area contributed by atoms with Gasteiger partial charge < -0.3 is 10.1 Å². The van der Waals surface area contributed by atoms with Crippen molar-refractivity contribution in [3.05, 3.63) is 59.4 Å². The first-order valence-electron chi connectivity index (χ1n) is 9.98. The van der Waals surface area contributed by atoms with E-state index in [0.717, 1.165) is 17.7 Å². The summed E-state index contributed by atoms with van der Waals surface area (Å²) in [4.78, 5) is 35.9. The largest absolute Gasteiger partial charge is 0.456 e. The number of carbonyl (C=O) groups is 3. The van der Waals surface area contributed by atoms with Crippen LogP contribution in [-0.2, 0) is 30.8 Å². The zero-order chi connectivity index (χ0) is 23.5. The summed E-state index contributed by atoms with van der Waals surface area (Å²) < 4.78 is 46.2. The van der Waals surface area contributed by atoms with Crippen molar-refractivity contribution in [2.45, 2.75) is 37.6 Å². The summed E-state index contributed by atoms with van der Waals surface area (Å²) in [7, 11) is -4.33. The van der Waals surface area contributed by atoms with Crippen molar-refractivity contribution in [2.75, 3.05) is 11.9 Å². The molecule has 0 radical (unpaired) electrons. The zero-order valence-electron chi connectivity index (χ0n) is 17.6. The number of hydrogen-bond donors (Lipinski definition) is 2. The monoisotopic (exact) mass is 462 g/mol. The minimum Gasteiger partial charge on any atom is -0.456 e. The molecular weight excluding hydrogens is 439 g/mol. The van der Waals surface area contributed by atoms with E-state index in [1.54, 1.807) is 26.0 Å². The number of ether oxygens (including phenoxy) is 1. The molecule has 170 valence electrons. The molecule has 10 heteroatoms. The van der Waals surface area contributed by atoms with Crippen LogP contribution < -0.4 is 10.0 Å². The number of sulfonamides is 1. The van der Waals surface area contributed by atoms with Crippen LogP contribution in [0, 0.1) is 11.7 Å². The van der Waals surface area contributed by atoms with Gasteiger partial charge in [-0.1, -0.05) is 26.0 Å². The van der Waals surface area contributed by atoms with Gasteiger partial charge in [-0.25, -0.2) is 12.8 Å². The van der Waals surface area contributed by atoms with Crippen LogP contribution in [0.1, 0.15) is 36.2 Å². The predicted octanol–water partition coefficient (Wildman–Crippen LogP) is 2.44. The number of carbonyl (C=O) groups excluding carboxylic acids is 3. The van der Waals surface area contributed by atoms with Crippen LogP contribution in [-0.4, -0.2) is 38.7 Å². The summed E-state index contributed by atoms with van der Waals surface area (Å²) in [5, 5.41) is 2.72. The molecule has 1 heterocycles. The number of aryl methyl sites for hydroxylation is 1. The molecule has 0 fully saturated rings. The Kier molecular flexibility index (Phi) is 7.05. The molecule has 1 atom stereocenters. The summed E-state index contributed by atoms with van der Waals surface area (Å²) in [6.45, 7) is 2.60. The van der Waals surface area contributed by atoms with Crippen molar-refractivity contribution >= 4 is 33.4 Å². The standard InChI is InChI=1S/C22H23FN2O6S/c1-13(2)21(25-32(29,30)19-6-4-3-5-16(19)23)22(28)31-12-18(26)15-7-9-17-14(11-15)8-10-20(27)24-17/h3-7,9,11,13,21,25H,8,10,12H2,1-2H3,(H,24,27)/t21-/m0/s1. The number of Topliss-reactive ketones (excluding diaryl/α,β-unsaturated/α-hetero) is 1. The van der Waals surface area contributed by atoms with Crippen molar-refractivity contribution in [1.29, 1.82) is 0 Å². The van der Waals surface area contributed by atoms with Gasteiger partial charge in [-0.05, 0) is 48.2 Å². The van der Waals surface area contributed by atoms with Crippen molar-refractivity contribution in [1.82, 2.24) is 4.72 Å². The highest BCUT2D eigenvalue weighted by molar-refractivity contribution is 7.89. The second kappa shape index (κ2) is 9.58. The number of amides is 1. The number of hydrogen-bond acceptors (Lipinski definition) is 6. The molecular formula is C22H23FN2O6S. The molecule has 2 aromatic rings. The molecule has 32 heavy (non-hydrogen) atoms. The van der Waals surface area contributed by atoms with Gasteiger partial charge >= 0.3 is 5.97 Å². The molecule has 0 aromatic heterocycles. The second-order valence-electron chi connectivity index (χ2n) is 7.72. The first kappa shape index (κ1) is 23.6. The van der Waals surface area contributed by atoms with E-state index in [9.17, 15) is 27.2 Å². The van der Waals surface area contributed by atoms with E-state index in [-0.39, 0.29) is 5.91 Å². The Bertz CT molecular complexity index is 1160. The zero-order valence-corrected chi connectivity index (χ0v) is 18.4. The molecule has 0 bridgehead atoms. The lowest BCUT2D eigenvalue weighted by Gasteiger charge is -2.21. The van der Waals surface area contributed by atoms with Crippen molar-refractivity contribution in [2.24, 2.45) is 5.92 Å². The van der Waals surface area contributed by atoms with Gasteiger partial charge in [0.2, 0.25) is 15.9 Å². The lowest BCUT2D eigenvalue weighted by molar-refractivity contribution is -0.145. The highest BCUT2D eigenvalue weighted by Crippen LogP contribution is 2.24. The third kappa shape index (κ3) is 5.38. The van der Waals surface area contributed by atoms with Gasteiger partial charge in [-0.3, -0.25) is 14.4 Å². The average Bonchev–Trinajstić information content (AvgIpc) is 2.75. The highest BCUT2D eigenvalue weighted by Gasteiger charge is 2.31. The SMILES string of the molecule is CC(C)[C@H](NS(=O)(=O)c1ccccc1F)C(=O)OCC(=O)c1ccc2c(c1)CCC(=O)N2. The maximum absolute atomic E-state index is 13.9. The molecule has 0 unspecified atom stereocenters. The first-order chi connectivity index (χ1) is 15.1. The highest BCUT2D eigenvalue weighted by atomic mass is 32.2. The lowest BCUT2D eigenvalue weighted by Crippen LogP contribution is -2.45. The van der Waals surface area contributed by atoms with Gasteiger partial charge in [0.25, 0.3) is 0 Å². The average molecular weight is 462 g/mol. The third-order valence-corrected chi connectivity index (χ3v) is 6.47. The van der Waals surface area contributed by atoms with Crippen molar-refractivity contribution < 1.29 is 31.9 Å². The van der Waals surface area contributed by atoms with E-state index >= 15 is 0 Å². The molecule has 0 aliphatic carbocycles. The summed E-state index contributed by atoms with van der Waals surface area (Å²) in [6, 6.07) is 8.24. The van der Waals surface area contributed by atoms with Crippen LogP contribution in [0.25, 0.3) is 0 Å². The Balaban J connectivity index is 1.67. The normalized spacial score (nSPS) is 14.4. The van der Waals surface area contributed by atoms with E-state index in [1.807, 2.05) is 0 Å². The molecule has 1 aliphatic heterocycles. The first-order valence-corrected chi connectivity index (χ1v) is 11.5. The summed E-state index contributed by atoms with van der Waals surface area (Å²) in [6.07, 6.45) is 0.813. The van der Waals surface area contributed by atoms with Gasteiger partial charge in [-0.2, -0.15) is 4.72 Å². The van der Waals surface area contributed by atoms with Gasteiger partial charge in [0.1, 0.15) is 16.8 Å². The summed E-state index contributed by atoms with van der Waals surface area (Å²) >= 11 is 0. The van der Waals surface area contributed by atoms with E-state index in [2.05, 4.69) is 10.0 Å². The van der Waals surface area contributed by atoms with E-state index in [4.69, 9.17) is 4.74 Å². The minimum absolute atomic E-state index is 0.0944. The van der Waals surface area contributed by atoms with Crippen LogP contribution >= 0.6 is 0 Å². The van der Waals surface area contributed by atoms with Gasteiger partial charge in [-0.15, -0.1) is 0 Å². The number of rotatable bonds is 8. The topological polar surface area (TPSA) is 119 Å². The lowest BCUT2D eigenvalue weighted by atomic mass is 9.99. The fourth-order valence-corrected chi connectivity index (χ4v) is 4.63. The van der Waals surface area contributed by atoms with E-state index in [1.165, 1.54) is 18.2 Å². The molecule has 0 saturated heterocycles. The Labute approximate surface area is 185 Å². The van der Waals surface area contributed by atoms with Crippen molar-refractivity contribution in [3.8, 4) is 0 Å². The number of anilines is 1. The summed E-state index contributed by atoms with van der Waals surface area (Å²) in [5.41, 5.74) is 1.75. The van der Waals surface area contributed by atoms with Crippen LogP contribution in [0.3, 0.4) is 0 Å². The number of ketones is 1. The van der Waals surface area contributed by atoms with Crippen LogP contribution in [0.2, 0.25) is 0 Å². The molecule has 3 rings (SSSR count). The molecule has 0 saturated carbocycles. The number of nitrogens with one attached hydrogen (secondary N) is 2. The molecule has 2 aromatic carbocycles. The molecule has 8 nitrogen and oxygen atoms in total. The van der Waals surface area contributed by atoms with E-state index in [0.29, 0.717) is 24.1 Å². The van der Waals surface area contributed by atoms with Gasteiger partial charge in [0.05, 0.1) is 0 Å². The van der Waals surface area contributed by atoms with E-state index < -0.39 is 51.1 Å². The second-order valence-corrected chi connectivity index (χ2v) is 9.41. The molecule has 2 N–H and O–H groups in total. The van der Waals surface area contributed by atoms with Crippen LogP contribution in [0.15, 0.2) is 47.4 Å². The third-order valence-electron chi connectivity index (χ3n) is 5.00. The van der Waals surface area contributed by atoms with Crippen LogP contribution in [0.5, 0.6) is 0 Å². The smallest absolute Gasteiger partial charge is 0.324 e. The number of benzene rings is 2. The predicted molar refractivity (Wildman–Crippen MR) is 114 cm³/mol. The Hall–Kier alpha value is -3.11. The summed E-state index contributed by atoms with van der Waals surface area (Å²) in [5.74, 6) is -2.99. The molecule has 1 aliphatic rings. The maximum Gasteiger partial charge on any atom is 0.324 e. The Morgan fingerprint density at radius 1 is 1.16 bits per heavy atom. The maximum atomic E-state index is 13.9. The Morgan fingerprint density at radius 2 is 1.88 bits per heavy atom. The fraction of sp³-hybridized carbons (Fsp3) is 0.318. The van der Waals surface area contributed by atoms with Crippen LogP contribution in [0.4, 0.5) is 10.1 Å². The van der Waals surface area contributed by atoms with Gasteiger partial charge in [0, 0.05) is 17.7 Å². The molecule has 1 amide bonds. The fourth-order valence-electron chi connectivity index (χ4n) is 3.22. The molecule has 0 spiro atoms. The number of halogens is 1. The number of esters is 1.